The maximum absolute atomic E-state index is 14.5. The summed E-state index contributed by atoms with van der Waals surface area (Å²) in [6.45, 7) is 2.11. The number of fused-ring (bicyclic) bond motifs is 1. The molecule has 0 bridgehead atoms. The fraction of sp³-hybridized carbons (Fsp3) is 0.375. The first-order valence-corrected chi connectivity index (χ1v) is 13.8. The summed E-state index contributed by atoms with van der Waals surface area (Å²) in [6.07, 6.45) is 4.22. The van der Waals surface area contributed by atoms with Crippen LogP contribution in [0.25, 0.3) is 0 Å². The number of hydrogen-bond acceptors (Lipinski definition) is 6. The standard InChI is InChI=1S/C24H27F3N2O5S2/c1-4-5-6-17-13-29(12-15-9-16(25)7-8-18(15)26)20-10-22(35-3)21(34-14-19(27)24(30)31)11-23(20)36(32,33)28(17)2/h7-11,14,17H,4-6,12-13H2,1-3H3,(H,30,31)/b19-14-. The lowest BCUT2D eigenvalue weighted by Crippen LogP contribution is -2.41. The van der Waals surface area contributed by atoms with Crippen LogP contribution in [0.15, 0.2) is 52.2 Å². The summed E-state index contributed by atoms with van der Waals surface area (Å²) >= 11 is 1.17. The smallest absolute Gasteiger partial charge is 0.368 e. The van der Waals surface area contributed by atoms with Gasteiger partial charge in [-0.2, -0.15) is 8.70 Å². The predicted molar refractivity (Wildman–Crippen MR) is 131 cm³/mol. The van der Waals surface area contributed by atoms with E-state index in [1.54, 1.807) is 11.2 Å². The number of sulfonamides is 1. The first-order chi connectivity index (χ1) is 17.0. The van der Waals surface area contributed by atoms with Crippen LogP contribution in [-0.2, 0) is 21.4 Å². The Bertz CT molecular complexity index is 1270. The minimum atomic E-state index is -4.08. The highest BCUT2D eigenvalue weighted by atomic mass is 32.2. The van der Waals surface area contributed by atoms with E-state index in [4.69, 9.17) is 9.84 Å². The van der Waals surface area contributed by atoms with E-state index in [-0.39, 0.29) is 35.0 Å². The van der Waals surface area contributed by atoms with Crippen molar-refractivity contribution in [2.45, 2.75) is 48.6 Å². The molecule has 2 aromatic carbocycles. The lowest BCUT2D eigenvalue weighted by molar-refractivity contribution is -0.134. The molecule has 2 aromatic rings. The molecule has 0 amide bonds. The van der Waals surface area contributed by atoms with Gasteiger partial charge in [-0.15, -0.1) is 11.8 Å². The molecule has 1 aliphatic rings. The van der Waals surface area contributed by atoms with Gasteiger partial charge in [0.25, 0.3) is 0 Å². The number of carbonyl (C=O) groups is 1. The van der Waals surface area contributed by atoms with Gasteiger partial charge in [0.1, 0.15) is 28.5 Å². The molecule has 12 heteroatoms. The zero-order valence-electron chi connectivity index (χ0n) is 20.0. The largest absolute Gasteiger partial charge is 0.476 e. The third-order valence-corrected chi connectivity index (χ3v) is 8.64. The van der Waals surface area contributed by atoms with E-state index < -0.39 is 39.5 Å². The molecular formula is C24H27F3N2O5S2. The molecule has 1 aliphatic heterocycles. The minimum absolute atomic E-state index is 0.0569. The van der Waals surface area contributed by atoms with Crippen molar-refractivity contribution in [2.24, 2.45) is 0 Å². The van der Waals surface area contributed by atoms with Crippen LogP contribution in [0.4, 0.5) is 18.9 Å². The van der Waals surface area contributed by atoms with E-state index in [0.29, 0.717) is 17.6 Å². The van der Waals surface area contributed by atoms with E-state index >= 15 is 0 Å². The van der Waals surface area contributed by atoms with E-state index in [1.165, 1.54) is 35.2 Å². The molecule has 1 atom stereocenters. The predicted octanol–water partition coefficient (Wildman–Crippen LogP) is 5.16. The topological polar surface area (TPSA) is 87.1 Å². The molecule has 7 nitrogen and oxygen atoms in total. The van der Waals surface area contributed by atoms with Crippen molar-refractivity contribution in [1.82, 2.24) is 4.31 Å². The van der Waals surface area contributed by atoms with Crippen LogP contribution >= 0.6 is 11.8 Å². The Morgan fingerprint density at radius 2 is 2.00 bits per heavy atom. The van der Waals surface area contributed by atoms with Crippen molar-refractivity contribution in [1.29, 1.82) is 0 Å². The monoisotopic (exact) mass is 544 g/mol. The van der Waals surface area contributed by atoms with Crippen LogP contribution in [0.1, 0.15) is 31.7 Å². The summed E-state index contributed by atoms with van der Waals surface area (Å²) in [5, 5.41) is 8.76. The summed E-state index contributed by atoms with van der Waals surface area (Å²) in [6, 6.07) is 5.38. The molecule has 0 saturated carbocycles. The fourth-order valence-electron chi connectivity index (χ4n) is 3.95. The molecule has 0 aliphatic carbocycles. The molecule has 0 spiro atoms. The number of rotatable bonds is 9. The number of nitrogens with zero attached hydrogens (tertiary/aromatic N) is 2. The van der Waals surface area contributed by atoms with Gasteiger partial charge in [0.05, 0.1) is 10.6 Å². The van der Waals surface area contributed by atoms with Crippen molar-refractivity contribution in [3.63, 3.8) is 0 Å². The van der Waals surface area contributed by atoms with Crippen molar-refractivity contribution in [2.75, 3.05) is 24.7 Å². The molecule has 3 rings (SSSR count). The van der Waals surface area contributed by atoms with E-state index in [1.807, 2.05) is 6.92 Å². The highest BCUT2D eigenvalue weighted by Crippen LogP contribution is 2.41. The maximum Gasteiger partial charge on any atom is 0.368 e. The third-order valence-electron chi connectivity index (χ3n) is 5.94. The van der Waals surface area contributed by atoms with Gasteiger partial charge in [0.2, 0.25) is 15.9 Å². The van der Waals surface area contributed by atoms with Crippen LogP contribution in [0.2, 0.25) is 0 Å². The van der Waals surface area contributed by atoms with Gasteiger partial charge in [-0.3, -0.25) is 0 Å². The second-order valence-corrected chi connectivity index (χ2v) is 11.1. The van der Waals surface area contributed by atoms with Gasteiger partial charge in [0, 0.05) is 37.8 Å². The van der Waals surface area contributed by atoms with Gasteiger partial charge in [0.15, 0.2) is 0 Å². The molecule has 0 aromatic heterocycles. The molecule has 1 N–H and O–H groups in total. The molecule has 0 radical (unpaired) electrons. The van der Waals surface area contributed by atoms with Crippen LogP contribution in [0.5, 0.6) is 5.75 Å². The van der Waals surface area contributed by atoms with E-state index in [0.717, 1.165) is 31.0 Å². The molecule has 1 heterocycles. The van der Waals surface area contributed by atoms with Crippen LogP contribution in [0, 0.1) is 11.6 Å². The molecular weight excluding hydrogens is 517 g/mol. The van der Waals surface area contributed by atoms with E-state index in [9.17, 15) is 26.4 Å². The van der Waals surface area contributed by atoms with Gasteiger partial charge in [-0.05, 0) is 36.9 Å². The Morgan fingerprint density at radius 1 is 1.28 bits per heavy atom. The number of aliphatic carboxylic acids is 1. The van der Waals surface area contributed by atoms with Gasteiger partial charge >= 0.3 is 5.97 Å². The van der Waals surface area contributed by atoms with Crippen molar-refractivity contribution in [3.8, 4) is 5.75 Å². The highest BCUT2D eigenvalue weighted by molar-refractivity contribution is 7.98. The van der Waals surface area contributed by atoms with Crippen LogP contribution in [0.3, 0.4) is 0 Å². The molecule has 0 saturated heterocycles. The lowest BCUT2D eigenvalue weighted by Gasteiger charge is -2.30. The maximum atomic E-state index is 14.5. The number of hydrogen-bond donors (Lipinski definition) is 1. The Kier molecular flexibility index (Phi) is 8.96. The Labute approximate surface area is 212 Å². The quantitative estimate of drug-likeness (QED) is 0.265. The molecule has 0 fully saturated rings. The second kappa shape index (κ2) is 11.6. The summed E-state index contributed by atoms with van der Waals surface area (Å²) in [5.74, 6) is -4.68. The van der Waals surface area contributed by atoms with Crippen molar-refractivity contribution in [3.05, 3.63) is 59.6 Å². The van der Waals surface area contributed by atoms with E-state index in [2.05, 4.69) is 0 Å². The highest BCUT2D eigenvalue weighted by Gasteiger charge is 2.37. The van der Waals surface area contributed by atoms with Gasteiger partial charge in [-0.1, -0.05) is 19.8 Å². The number of thioether (sulfide) groups is 1. The first kappa shape index (κ1) is 27.9. The zero-order valence-corrected chi connectivity index (χ0v) is 21.6. The molecule has 36 heavy (non-hydrogen) atoms. The number of likely N-dealkylation sites (N-methyl/N-ethyl adjacent to an activating group) is 1. The number of benzene rings is 2. The fourth-order valence-corrected chi connectivity index (χ4v) is 6.07. The number of ether oxygens (including phenoxy) is 1. The SMILES string of the molecule is CCCCC1CN(Cc2cc(F)ccc2F)c2cc(SC)c(O/C=C(\F)C(=O)O)cc2S(=O)(=O)N1C. The van der Waals surface area contributed by atoms with Gasteiger partial charge < -0.3 is 14.7 Å². The number of carboxylic acids is 1. The number of unbranched alkanes of at least 4 members (excludes halogenated alkanes) is 1. The summed E-state index contributed by atoms with van der Waals surface area (Å²) in [4.78, 5) is 12.7. The number of carboxylic acid groups (broad SMARTS) is 1. The summed E-state index contributed by atoms with van der Waals surface area (Å²) in [5.41, 5.74) is 0.318. The first-order valence-electron chi connectivity index (χ1n) is 11.1. The van der Waals surface area contributed by atoms with Crippen LogP contribution < -0.4 is 9.64 Å². The Hall–Kier alpha value is -2.70. The van der Waals surface area contributed by atoms with Gasteiger partial charge in [-0.25, -0.2) is 22.0 Å². The molecule has 1 unspecified atom stereocenters. The lowest BCUT2D eigenvalue weighted by atomic mass is 10.1. The summed E-state index contributed by atoms with van der Waals surface area (Å²) < 4.78 is 75.7. The Morgan fingerprint density at radius 3 is 2.64 bits per heavy atom. The number of anilines is 1. The Balaban J connectivity index is 2.19. The van der Waals surface area contributed by atoms with Crippen molar-refractivity contribution < 1.29 is 36.2 Å². The van der Waals surface area contributed by atoms with Crippen LogP contribution in [-0.4, -0.2) is 49.7 Å². The summed E-state index contributed by atoms with van der Waals surface area (Å²) in [7, 11) is -2.62. The minimum Gasteiger partial charge on any atom is -0.476 e. The van der Waals surface area contributed by atoms with Crippen molar-refractivity contribution >= 4 is 33.4 Å². The molecule has 196 valence electrons. The average Bonchev–Trinajstić information content (AvgIpc) is 2.91. The second-order valence-electron chi connectivity index (χ2n) is 8.29. The average molecular weight is 545 g/mol. The third kappa shape index (κ3) is 5.98. The zero-order chi connectivity index (χ0) is 26.6. The normalized spacial score (nSPS) is 18.0. The number of halogens is 3.